The molecule has 0 aliphatic carbocycles. The summed E-state index contributed by atoms with van der Waals surface area (Å²) in [6.45, 7) is 1.99. The number of sulfonamides is 1. The van der Waals surface area contributed by atoms with E-state index in [2.05, 4.69) is 5.10 Å². The first kappa shape index (κ1) is 28.9. The zero-order valence-corrected chi connectivity index (χ0v) is 24.1. The molecule has 1 amide bonds. The molecule has 0 fully saturated rings. The zero-order chi connectivity index (χ0) is 29.3. The smallest absolute Gasteiger partial charge is 0.276 e. The van der Waals surface area contributed by atoms with E-state index in [1.54, 1.807) is 30.3 Å². The van der Waals surface area contributed by atoms with Crippen molar-refractivity contribution in [3.8, 4) is 11.4 Å². The fourth-order valence-electron chi connectivity index (χ4n) is 4.89. The van der Waals surface area contributed by atoms with Crippen molar-refractivity contribution in [3.05, 3.63) is 110 Å². The number of nitrogens with zero attached hydrogens (tertiary/aromatic N) is 2. The van der Waals surface area contributed by atoms with Gasteiger partial charge in [0.2, 0.25) is 10.0 Å². The van der Waals surface area contributed by atoms with Crippen molar-refractivity contribution in [2.75, 3.05) is 6.54 Å². The number of hydroxylamine groups is 1. The first-order valence-corrected chi connectivity index (χ1v) is 14.9. The van der Waals surface area contributed by atoms with Gasteiger partial charge >= 0.3 is 0 Å². The van der Waals surface area contributed by atoms with Crippen molar-refractivity contribution < 1.29 is 23.2 Å². The summed E-state index contributed by atoms with van der Waals surface area (Å²) in [7, 11) is -4.28. The Bertz CT molecular complexity index is 1770. The highest BCUT2D eigenvalue weighted by Gasteiger charge is 2.44. The Morgan fingerprint density at radius 2 is 1.83 bits per heavy atom. The first-order valence-electron chi connectivity index (χ1n) is 12.7. The molecule has 5 rings (SSSR count). The average molecular weight is 618 g/mol. The minimum Gasteiger partial charge on any atom is -0.489 e. The number of aryl methyl sites for hydroxylation is 1. The van der Waals surface area contributed by atoms with Crippen LogP contribution in [0.4, 0.5) is 0 Å². The topological polar surface area (TPSA) is 134 Å². The van der Waals surface area contributed by atoms with Crippen molar-refractivity contribution >= 4 is 39.1 Å². The number of para-hydroxylation sites is 1. The molecule has 10 nitrogen and oxygen atoms in total. The third kappa shape index (κ3) is 5.51. The van der Waals surface area contributed by atoms with Crippen LogP contribution in [0.3, 0.4) is 0 Å². The summed E-state index contributed by atoms with van der Waals surface area (Å²) < 4.78 is 35.5. The second kappa shape index (κ2) is 11.7. The van der Waals surface area contributed by atoms with Crippen molar-refractivity contribution in [2.24, 2.45) is 0 Å². The fraction of sp³-hybridized carbons (Fsp3) is 0.214. The maximum atomic E-state index is 13.8. The lowest BCUT2D eigenvalue weighted by Crippen LogP contribution is -2.48. The minimum atomic E-state index is -4.28. The number of amides is 1. The highest BCUT2D eigenvalue weighted by atomic mass is 35.5. The molecule has 0 radical (unpaired) electrons. The van der Waals surface area contributed by atoms with E-state index in [4.69, 9.17) is 27.9 Å². The van der Waals surface area contributed by atoms with E-state index in [9.17, 15) is 23.2 Å². The van der Waals surface area contributed by atoms with E-state index < -0.39 is 27.5 Å². The van der Waals surface area contributed by atoms with Crippen molar-refractivity contribution in [1.82, 2.24) is 19.6 Å². The van der Waals surface area contributed by atoms with E-state index in [1.807, 2.05) is 19.1 Å². The Hall–Kier alpha value is -3.61. The van der Waals surface area contributed by atoms with Crippen LogP contribution in [-0.2, 0) is 34.3 Å². The summed E-state index contributed by atoms with van der Waals surface area (Å²) in [4.78, 5) is 26.4. The molecular weight excluding hydrogens is 591 g/mol. The molecule has 214 valence electrons. The lowest BCUT2D eigenvalue weighted by molar-refractivity contribution is -0.133. The SMILES string of the molecule is CCc1ccccc1-n1[nH]c2c(c1=O)C(C(=O)NO)N(S(=O)(=O)c1ccc(OCc3ccc(Cl)cc3Cl)cc1)CC2. The second-order valence-electron chi connectivity index (χ2n) is 9.37. The van der Waals surface area contributed by atoms with E-state index in [1.165, 1.54) is 34.4 Å². The molecule has 3 aromatic carbocycles. The van der Waals surface area contributed by atoms with Crippen LogP contribution in [0.15, 0.2) is 76.4 Å². The molecule has 1 aliphatic heterocycles. The van der Waals surface area contributed by atoms with Crippen molar-refractivity contribution in [1.29, 1.82) is 0 Å². The molecule has 1 aliphatic rings. The third-order valence-corrected chi connectivity index (χ3v) is 9.43. The molecule has 1 unspecified atom stereocenters. The van der Waals surface area contributed by atoms with Crippen molar-refractivity contribution in [2.45, 2.75) is 37.3 Å². The second-order valence-corrected chi connectivity index (χ2v) is 12.1. The van der Waals surface area contributed by atoms with Gasteiger partial charge in [-0.3, -0.25) is 19.9 Å². The molecule has 1 atom stereocenters. The largest absolute Gasteiger partial charge is 0.489 e. The Morgan fingerprint density at radius 3 is 2.51 bits per heavy atom. The monoisotopic (exact) mass is 616 g/mol. The number of aromatic amines is 1. The van der Waals surface area contributed by atoms with Gasteiger partial charge in [0.1, 0.15) is 18.4 Å². The van der Waals surface area contributed by atoms with Gasteiger partial charge in [-0.25, -0.2) is 18.6 Å². The van der Waals surface area contributed by atoms with Gasteiger partial charge in [0.15, 0.2) is 0 Å². The normalized spacial score (nSPS) is 15.4. The standard InChI is InChI=1S/C28H26Cl2N4O6S/c1-2-17-5-3-4-6-24(17)34-28(36)25-23(31-34)13-14-33(26(25)27(35)32-37)41(38,39)21-11-9-20(10-12-21)40-16-18-7-8-19(29)15-22(18)30/h3-12,15,26,31,37H,2,13-14,16H2,1H3,(H,32,35). The Labute approximate surface area is 246 Å². The number of rotatable bonds is 8. The molecule has 0 spiro atoms. The van der Waals surface area contributed by atoms with E-state index >= 15 is 0 Å². The molecule has 3 N–H and O–H groups in total. The Balaban J connectivity index is 1.45. The van der Waals surface area contributed by atoms with Gasteiger partial charge in [0, 0.05) is 34.3 Å². The van der Waals surface area contributed by atoms with Crippen LogP contribution in [0.1, 0.15) is 35.3 Å². The number of carbonyl (C=O) groups excluding carboxylic acids is 1. The number of fused-ring (bicyclic) bond motifs is 1. The lowest BCUT2D eigenvalue weighted by Gasteiger charge is -2.32. The number of H-pyrrole nitrogens is 1. The van der Waals surface area contributed by atoms with Crippen LogP contribution in [-0.4, -0.2) is 40.2 Å². The van der Waals surface area contributed by atoms with Crippen molar-refractivity contribution in [3.63, 3.8) is 0 Å². The van der Waals surface area contributed by atoms with Gasteiger partial charge in [-0.15, -0.1) is 0 Å². The molecule has 41 heavy (non-hydrogen) atoms. The highest BCUT2D eigenvalue weighted by molar-refractivity contribution is 7.89. The van der Waals surface area contributed by atoms with Gasteiger partial charge in [-0.1, -0.05) is 54.4 Å². The molecule has 1 aromatic heterocycles. The molecule has 0 bridgehead atoms. The van der Waals surface area contributed by atoms with Crippen LogP contribution in [0.2, 0.25) is 10.0 Å². The van der Waals surface area contributed by atoms with Gasteiger partial charge in [-0.2, -0.15) is 4.31 Å². The van der Waals surface area contributed by atoms with E-state index in [0.29, 0.717) is 39.2 Å². The number of ether oxygens (including phenoxy) is 1. The summed E-state index contributed by atoms with van der Waals surface area (Å²) in [6, 6.07) is 16.4. The molecule has 2 heterocycles. The highest BCUT2D eigenvalue weighted by Crippen LogP contribution is 2.33. The van der Waals surface area contributed by atoms with Crippen LogP contribution in [0.25, 0.3) is 5.69 Å². The number of hydrogen-bond donors (Lipinski definition) is 3. The summed E-state index contributed by atoms with van der Waals surface area (Å²) in [6.07, 6.45) is 0.809. The predicted molar refractivity (Wildman–Crippen MR) is 153 cm³/mol. The van der Waals surface area contributed by atoms with Crippen LogP contribution in [0.5, 0.6) is 5.75 Å². The number of hydrogen-bond acceptors (Lipinski definition) is 6. The molecule has 0 saturated heterocycles. The number of halogens is 2. The number of aromatic nitrogens is 2. The van der Waals surface area contributed by atoms with E-state index in [-0.39, 0.29) is 30.0 Å². The van der Waals surface area contributed by atoms with Crippen LogP contribution < -0.4 is 15.8 Å². The third-order valence-electron chi connectivity index (χ3n) is 6.96. The Kier molecular flexibility index (Phi) is 8.25. The lowest BCUT2D eigenvalue weighted by atomic mass is 10.0. The predicted octanol–water partition coefficient (Wildman–Crippen LogP) is 4.41. The maximum Gasteiger partial charge on any atom is 0.276 e. The fourth-order valence-corrected chi connectivity index (χ4v) is 6.91. The molecule has 13 heteroatoms. The zero-order valence-electron chi connectivity index (χ0n) is 21.8. The van der Waals surface area contributed by atoms with Crippen LogP contribution in [0, 0.1) is 0 Å². The minimum absolute atomic E-state index is 0.0444. The number of nitrogens with one attached hydrogen (secondary N) is 2. The first-order chi connectivity index (χ1) is 19.6. The molecular formula is C28H26Cl2N4O6S. The summed E-state index contributed by atoms with van der Waals surface area (Å²) >= 11 is 12.1. The number of benzene rings is 3. The van der Waals surface area contributed by atoms with Gasteiger partial charge in [0.25, 0.3) is 11.5 Å². The van der Waals surface area contributed by atoms with E-state index in [0.717, 1.165) is 9.87 Å². The quantitative estimate of drug-likeness (QED) is 0.198. The number of carbonyl (C=O) groups is 1. The summed E-state index contributed by atoms with van der Waals surface area (Å²) in [5.74, 6) is -0.648. The van der Waals surface area contributed by atoms with Gasteiger partial charge in [-0.05, 0) is 54.4 Å². The maximum absolute atomic E-state index is 13.8. The molecule has 0 saturated carbocycles. The van der Waals surface area contributed by atoms with Gasteiger partial charge < -0.3 is 4.74 Å². The summed E-state index contributed by atoms with van der Waals surface area (Å²) in [5.41, 5.74) is 3.53. The molecule has 4 aromatic rings. The average Bonchev–Trinajstić information content (AvgIpc) is 3.32. The Morgan fingerprint density at radius 1 is 1.10 bits per heavy atom. The van der Waals surface area contributed by atoms with Crippen LogP contribution >= 0.6 is 23.2 Å². The van der Waals surface area contributed by atoms with Gasteiger partial charge in [0.05, 0.1) is 16.1 Å². The summed E-state index contributed by atoms with van der Waals surface area (Å²) in [5, 5.41) is 13.5.